The molecular formula is C22H26N6O. The molecule has 0 bridgehead atoms. The molecule has 1 amide bonds. The van der Waals surface area contributed by atoms with Gasteiger partial charge in [0.1, 0.15) is 0 Å². The molecule has 3 aromatic rings. The molecule has 0 unspecified atom stereocenters. The first-order valence-electron chi connectivity index (χ1n) is 10.1. The number of nitrogens with one attached hydrogen (secondary N) is 1. The molecule has 29 heavy (non-hydrogen) atoms. The van der Waals surface area contributed by atoms with Crippen molar-refractivity contribution in [2.45, 2.75) is 6.42 Å². The third kappa shape index (κ3) is 5.00. The van der Waals surface area contributed by atoms with E-state index in [1.54, 1.807) is 12.4 Å². The number of piperazine rings is 1. The van der Waals surface area contributed by atoms with E-state index in [1.165, 1.54) is 0 Å². The van der Waals surface area contributed by atoms with Gasteiger partial charge in [0.25, 0.3) is 5.91 Å². The van der Waals surface area contributed by atoms with Crippen molar-refractivity contribution in [2.24, 2.45) is 0 Å². The van der Waals surface area contributed by atoms with Crippen LogP contribution in [-0.2, 0) is 0 Å². The quantitative estimate of drug-likeness (QED) is 0.627. The second-order valence-corrected chi connectivity index (χ2v) is 7.12. The first kappa shape index (κ1) is 19.1. The Kier molecular flexibility index (Phi) is 6.16. The Labute approximate surface area is 171 Å². The van der Waals surface area contributed by atoms with E-state index in [1.807, 2.05) is 59.4 Å². The maximum Gasteiger partial charge on any atom is 0.251 e. The van der Waals surface area contributed by atoms with Gasteiger partial charge in [-0.15, -0.1) is 0 Å². The fourth-order valence-electron chi connectivity index (χ4n) is 3.52. The Hall–Kier alpha value is -3.19. The van der Waals surface area contributed by atoms with E-state index < -0.39 is 0 Å². The predicted molar refractivity (Wildman–Crippen MR) is 113 cm³/mol. The van der Waals surface area contributed by atoms with Crippen molar-refractivity contribution >= 4 is 11.9 Å². The van der Waals surface area contributed by atoms with Crippen molar-refractivity contribution < 1.29 is 4.79 Å². The Morgan fingerprint density at radius 1 is 0.931 bits per heavy atom. The Bertz CT molecular complexity index is 887. The van der Waals surface area contributed by atoms with Gasteiger partial charge in [0.15, 0.2) is 0 Å². The molecule has 1 saturated heterocycles. The largest absolute Gasteiger partial charge is 0.352 e. The van der Waals surface area contributed by atoms with Gasteiger partial charge in [-0.2, -0.15) is 0 Å². The molecule has 1 aromatic carbocycles. The molecular weight excluding hydrogens is 364 g/mol. The van der Waals surface area contributed by atoms with E-state index >= 15 is 0 Å². The van der Waals surface area contributed by atoms with Crippen LogP contribution in [-0.4, -0.2) is 64.6 Å². The third-order valence-electron chi connectivity index (χ3n) is 5.18. The van der Waals surface area contributed by atoms with Crippen LogP contribution in [0.15, 0.2) is 67.3 Å². The van der Waals surface area contributed by atoms with Gasteiger partial charge in [0, 0.05) is 68.8 Å². The van der Waals surface area contributed by atoms with E-state index in [2.05, 4.69) is 25.1 Å². The number of nitrogens with zero attached hydrogens (tertiary/aromatic N) is 5. The molecule has 0 saturated carbocycles. The van der Waals surface area contributed by atoms with Gasteiger partial charge >= 0.3 is 0 Å². The highest BCUT2D eigenvalue weighted by Crippen LogP contribution is 2.11. The molecule has 150 valence electrons. The van der Waals surface area contributed by atoms with Gasteiger partial charge in [-0.05, 0) is 55.4 Å². The number of amides is 1. The molecule has 3 heterocycles. The number of carbonyl (C=O) groups excluding carboxylic acids is 1. The van der Waals surface area contributed by atoms with Crippen molar-refractivity contribution in [3.63, 3.8) is 0 Å². The fraction of sp³-hybridized carbons (Fsp3) is 0.318. The second kappa shape index (κ2) is 9.34. The number of aromatic nitrogens is 3. The summed E-state index contributed by atoms with van der Waals surface area (Å²) in [4.78, 5) is 25.6. The van der Waals surface area contributed by atoms with Crippen molar-refractivity contribution in [3.8, 4) is 5.69 Å². The predicted octanol–water partition coefficient (Wildman–Crippen LogP) is 2.21. The normalized spacial score (nSPS) is 14.7. The van der Waals surface area contributed by atoms with Crippen LogP contribution in [0.5, 0.6) is 0 Å². The standard InChI is InChI=1S/C22H26N6O/c29-21(19-5-7-20(8-6-19)27-13-1-2-14-27)23-11-4-12-26-15-17-28(18-16-26)22-24-9-3-10-25-22/h1-3,5-10,13-14H,4,11-12,15-18H2,(H,23,29). The fourth-order valence-corrected chi connectivity index (χ4v) is 3.52. The molecule has 7 nitrogen and oxygen atoms in total. The van der Waals surface area contributed by atoms with Gasteiger partial charge in [0.2, 0.25) is 5.95 Å². The van der Waals surface area contributed by atoms with Gasteiger partial charge in [-0.25, -0.2) is 9.97 Å². The number of hydrogen-bond donors (Lipinski definition) is 1. The van der Waals surface area contributed by atoms with Crippen LogP contribution in [0.1, 0.15) is 16.8 Å². The summed E-state index contributed by atoms with van der Waals surface area (Å²) in [6.07, 6.45) is 8.48. The van der Waals surface area contributed by atoms with Crippen molar-refractivity contribution in [3.05, 3.63) is 72.8 Å². The first-order chi connectivity index (χ1) is 14.3. The topological polar surface area (TPSA) is 66.3 Å². The van der Waals surface area contributed by atoms with Crippen LogP contribution in [0.25, 0.3) is 5.69 Å². The van der Waals surface area contributed by atoms with E-state index in [0.717, 1.165) is 50.8 Å². The molecule has 1 aliphatic rings. The highest BCUT2D eigenvalue weighted by atomic mass is 16.1. The minimum absolute atomic E-state index is 0.0184. The lowest BCUT2D eigenvalue weighted by atomic mass is 10.2. The summed E-state index contributed by atoms with van der Waals surface area (Å²) < 4.78 is 2.02. The van der Waals surface area contributed by atoms with E-state index in [-0.39, 0.29) is 5.91 Å². The second-order valence-electron chi connectivity index (χ2n) is 7.12. The van der Waals surface area contributed by atoms with Crippen LogP contribution in [0.4, 0.5) is 5.95 Å². The average Bonchev–Trinajstić information content (AvgIpc) is 3.33. The molecule has 0 atom stereocenters. The number of anilines is 1. The first-order valence-corrected chi connectivity index (χ1v) is 10.1. The smallest absolute Gasteiger partial charge is 0.251 e. The minimum Gasteiger partial charge on any atom is -0.352 e. The van der Waals surface area contributed by atoms with E-state index in [9.17, 15) is 4.79 Å². The third-order valence-corrected chi connectivity index (χ3v) is 5.18. The van der Waals surface area contributed by atoms with E-state index in [0.29, 0.717) is 12.1 Å². The van der Waals surface area contributed by atoms with Crippen LogP contribution < -0.4 is 10.2 Å². The Morgan fingerprint density at radius 2 is 1.62 bits per heavy atom. The summed E-state index contributed by atoms with van der Waals surface area (Å²) in [6.45, 7) is 5.52. The number of carbonyl (C=O) groups is 1. The molecule has 1 aliphatic heterocycles. The zero-order valence-electron chi connectivity index (χ0n) is 16.4. The zero-order valence-corrected chi connectivity index (χ0v) is 16.4. The van der Waals surface area contributed by atoms with Crippen LogP contribution in [0, 0.1) is 0 Å². The van der Waals surface area contributed by atoms with Crippen LogP contribution in [0.2, 0.25) is 0 Å². The molecule has 7 heteroatoms. The monoisotopic (exact) mass is 390 g/mol. The highest BCUT2D eigenvalue weighted by molar-refractivity contribution is 5.94. The summed E-state index contributed by atoms with van der Waals surface area (Å²) >= 11 is 0. The van der Waals surface area contributed by atoms with E-state index in [4.69, 9.17) is 0 Å². The zero-order chi connectivity index (χ0) is 19.9. The molecule has 1 fully saturated rings. The summed E-state index contributed by atoms with van der Waals surface area (Å²) in [7, 11) is 0. The maximum absolute atomic E-state index is 12.3. The molecule has 2 aromatic heterocycles. The summed E-state index contributed by atoms with van der Waals surface area (Å²) in [5, 5.41) is 3.02. The van der Waals surface area contributed by atoms with Gasteiger partial charge < -0.3 is 14.8 Å². The SMILES string of the molecule is O=C(NCCCN1CCN(c2ncccn2)CC1)c1ccc(-n2cccc2)cc1. The molecule has 4 rings (SSSR count). The number of hydrogen-bond acceptors (Lipinski definition) is 5. The average molecular weight is 390 g/mol. The molecule has 1 N–H and O–H groups in total. The summed E-state index contributed by atoms with van der Waals surface area (Å²) in [6, 6.07) is 13.5. The lowest BCUT2D eigenvalue weighted by Gasteiger charge is -2.34. The molecule has 0 aliphatic carbocycles. The van der Waals surface area contributed by atoms with Gasteiger partial charge in [0.05, 0.1) is 0 Å². The number of rotatable bonds is 7. The van der Waals surface area contributed by atoms with Gasteiger partial charge in [-0.3, -0.25) is 9.69 Å². The Balaban J connectivity index is 1.16. The maximum atomic E-state index is 12.3. The van der Waals surface area contributed by atoms with Crippen molar-refractivity contribution in [1.29, 1.82) is 0 Å². The van der Waals surface area contributed by atoms with Gasteiger partial charge in [-0.1, -0.05) is 0 Å². The lowest BCUT2D eigenvalue weighted by molar-refractivity contribution is 0.0951. The number of benzene rings is 1. The summed E-state index contributed by atoms with van der Waals surface area (Å²) in [5.41, 5.74) is 1.74. The van der Waals surface area contributed by atoms with Crippen LogP contribution >= 0.6 is 0 Å². The molecule has 0 radical (unpaired) electrons. The highest BCUT2D eigenvalue weighted by Gasteiger charge is 2.18. The van der Waals surface area contributed by atoms with Crippen molar-refractivity contribution in [2.75, 3.05) is 44.2 Å². The lowest BCUT2D eigenvalue weighted by Crippen LogP contribution is -2.47. The Morgan fingerprint density at radius 3 is 2.31 bits per heavy atom. The van der Waals surface area contributed by atoms with Crippen molar-refractivity contribution in [1.82, 2.24) is 24.8 Å². The van der Waals surface area contributed by atoms with Crippen LogP contribution in [0.3, 0.4) is 0 Å². The molecule has 0 spiro atoms. The summed E-state index contributed by atoms with van der Waals surface area (Å²) in [5.74, 6) is 0.789. The minimum atomic E-state index is -0.0184.